The van der Waals surface area contributed by atoms with E-state index in [-0.39, 0.29) is 11.4 Å². The van der Waals surface area contributed by atoms with Gasteiger partial charge in [-0.25, -0.2) is 22.8 Å². The summed E-state index contributed by atoms with van der Waals surface area (Å²) < 4.78 is 69.4. The first-order valence-corrected chi connectivity index (χ1v) is 9.02. The highest BCUT2D eigenvalue weighted by Gasteiger charge is 2.31. The second-order valence-electron chi connectivity index (χ2n) is 5.28. The number of hydrogen-bond donors (Lipinski definition) is 1. The molecule has 0 aliphatic heterocycles. The molecule has 3 aromatic rings. The van der Waals surface area contributed by atoms with Crippen molar-refractivity contribution in [1.29, 1.82) is 0 Å². The number of ether oxygens (including phenoxy) is 1. The van der Waals surface area contributed by atoms with Crippen LogP contribution >= 0.6 is 0 Å². The van der Waals surface area contributed by atoms with E-state index >= 15 is 0 Å². The summed E-state index contributed by atoms with van der Waals surface area (Å²) in [5, 5.41) is 4.05. The maximum Gasteiger partial charge on any atom is 0.573 e. The molecular weight excluding hydrogens is 385 g/mol. The van der Waals surface area contributed by atoms with Crippen molar-refractivity contribution in [3.8, 4) is 11.6 Å². The summed E-state index contributed by atoms with van der Waals surface area (Å²) in [5.74, 6) is -0.191. The average Bonchev–Trinajstić information content (AvgIpc) is 3.13. The van der Waals surface area contributed by atoms with Crippen LogP contribution in [0.4, 0.5) is 13.2 Å². The first-order chi connectivity index (χ1) is 12.7. The van der Waals surface area contributed by atoms with E-state index in [4.69, 9.17) is 0 Å². The Balaban J connectivity index is 1.80. The Kier molecular flexibility index (Phi) is 5.15. The van der Waals surface area contributed by atoms with E-state index in [1.54, 1.807) is 30.6 Å². The van der Waals surface area contributed by atoms with Gasteiger partial charge < -0.3 is 4.74 Å². The van der Waals surface area contributed by atoms with E-state index in [0.717, 1.165) is 18.2 Å². The van der Waals surface area contributed by atoms with Gasteiger partial charge in [0.2, 0.25) is 10.0 Å². The monoisotopic (exact) mass is 398 g/mol. The smallest absolute Gasteiger partial charge is 0.406 e. The van der Waals surface area contributed by atoms with Crippen LogP contribution < -0.4 is 9.46 Å². The zero-order chi connectivity index (χ0) is 19.5. The minimum atomic E-state index is -4.91. The van der Waals surface area contributed by atoms with Crippen LogP contribution in [0.1, 0.15) is 5.56 Å². The Morgan fingerprint density at radius 2 is 1.93 bits per heavy atom. The van der Waals surface area contributed by atoms with E-state index in [2.05, 4.69) is 19.5 Å². The van der Waals surface area contributed by atoms with Crippen LogP contribution in [-0.4, -0.2) is 29.5 Å². The number of hydrogen-bond acceptors (Lipinski definition) is 5. The summed E-state index contributed by atoms with van der Waals surface area (Å²) in [6.07, 6.45) is -0.176. The molecule has 142 valence electrons. The third-order valence-corrected chi connectivity index (χ3v) is 4.79. The van der Waals surface area contributed by atoms with Gasteiger partial charge in [-0.05, 0) is 24.3 Å². The molecule has 0 amide bonds. The van der Waals surface area contributed by atoms with Crippen molar-refractivity contribution in [2.24, 2.45) is 0 Å². The van der Waals surface area contributed by atoms with Gasteiger partial charge in [0.05, 0.1) is 4.90 Å². The van der Waals surface area contributed by atoms with Crippen LogP contribution in [0, 0.1) is 0 Å². The SMILES string of the molecule is O=S(=O)(NCc1cccnc1-n1cccn1)c1cccc(OC(F)(F)F)c1. The predicted molar refractivity (Wildman–Crippen MR) is 88.5 cm³/mol. The number of nitrogens with one attached hydrogen (secondary N) is 1. The number of aromatic nitrogens is 3. The Hall–Kier alpha value is -2.92. The summed E-state index contributed by atoms with van der Waals surface area (Å²) in [4.78, 5) is 3.82. The first-order valence-electron chi connectivity index (χ1n) is 7.54. The topological polar surface area (TPSA) is 86.1 Å². The van der Waals surface area contributed by atoms with E-state index in [1.807, 2.05) is 0 Å². The fourth-order valence-electron chi connectivity index (χ4n) is 2.26. The lowest BCUT2D eigenvalue weighted by Crippen LogP contribution is -2.24. The van der Waals surface area contributed by atoms with Gasteiger partial charge in [-0.15, -0.1) is 13.2 Å². The quantitative estimate of drug-likeness (QED) is 0.690. The molecule has 0 radical (unpaired) electrons. The molecule has 0 aliphatic rings. The molecular formula is C16H13F3N4O3S. The van der Waals surface area contributed by atoms with Crippen molar-refractivity contribution in [2.75, 3.05) is 0 Å². The van der Waals surface area contributed by atoms with Crippen molar-refractivity contribution >= 4 is 10.0 Å². The fraction of sp³-hybridized carbons (Fsp3) is 0.125. The van der Waals surface area contributed by atoms with Crippen LogP contribution in [0.25, 0.3) is 5.82 Å². The molecule has 1 N–H and O–H groups in total. The van der Waals surface area contributed by atoms with Crippen molar-refractivity contribution in [2.45, 2.75) is 17.8 Å². The van der Waals surface area contributed by atoms with Crippen molar-refractivity contribution in [3.63, 3.8) is 0 Å². The van der Waals surface area contributed by atoms with Gasteiger partial charge in [-0.2, -0.15) is 5.10 Å². The molecule has 2 aromatic heterocycles. The fourth-order valence-corrected chi connectivity index (χ4v) is 3.30. The van der Waals surface area contributed by atoms with Crippen LogP contribution in [-0.2, 0) is 16.6 Å². The molecule has 0 saturated carbocycles. The first kappa shape index (κ1) is 18.9. The van der Waals surface area contributed by atoms with Crippen molar-refractivity contribution in [1.82, 2.24) is 19.5 Å². The molecule has 1 aromatic carbocycles. The molecule has 11 heteroatoms. The highest BCUT2D eigenvalue weighted by Crippen LogP contribution is 2.25. The second-order valence-corrected chi connectivity index (χ2v) is 7.05. The maximum absolute atomic E-state index is 12.4. The zero-order valence-corrected chi connectivity index (χ0v) is 14.4. The van der Waals surface area contributed by atoms with Gasteiger partial charge >= 0.3 is 6.36 Å². The maximum atomic E-state index is 12.4. The number of benzene rings is 1. The van der Waals surface area contributed by atoms with Gasteiger partial charge in [0, 0.05) is 36.8 Å². The molecule has 0 atom stereocenters. The van der Waals surface area contributed by atoms with Crippen LogP contribution in [0.15, 0.2) is 66.0 Å². The molecule has 0 bridgehead atoms. The molecule has 0 unspecified atom stereocenters. The molecule has 7 nitrogen and oxygen atoms in total. The van der Waals surface area contributed by atoms with E-state index in [9.17, 15) is 21.6 Å². The Labute approximate surface area is 152 Å². The van der Waals surface area contributed by atoms with E-state index in [0.29, 0.717) is 11.4 Å². The Morgan fingerprint density at radius 1 is 1.11 bits per heavy atom. The third-order valence-electron chi connectivity index (χ3n) is 3.39. The highest BCUT2D eigenvalue weighted by atomic mass is 32.2. The molecule has 0 spiro atoms. The van der Waals surface area contributed by atoms with Crippen molar-refractivity contribution < 1.29 is 26.3 Å². The standard InChI is InChI=1S/C16H13F3N4O3S/c17-16(18,19)26-13-5-1-6-14(10-13)27(24,25)22-11-12-4-2-7-20-15(12)23-9-3-8-21-23/h1-10,22H,11H2. The summed E-state index contributed by atoms with van der Waals surface area (Å²) in [6.45, 7) is -0.129. The Morgan fingerprint density at radius 3 is 2.63 bits per heavy atom. The summed E-state index contributed by atoms with van der Waals surface area (Å²) >= 11 is 0. The number of halogens is 3. The molecule has 0 fully saturated rings. The summed E-state index contributed by atoms with van der Waals surface area (Å²) in [5.41, 5.74) is 0.535. The van der Waals surface area contributed by atoms with Gasteiger partial charge in [0.25, 0.3) is 0 Å². The minimum absolute atomic E-state index is 0.129. The molecule has 0 aliphatic carbocycles. The highest BCUT2D eigenvalue weighted by molar-refractivity contribution is 7.89. The van der Waals surface area contributed by atoms with Gasteiger partial charge in [0.15, 0.2) is 5.82 Å². The zero-order valence-electron chi connectivity index (χ0n) is 13.6. The minimum Gasteiger partial charge on any atom is -0.406 e. The van der Waals surface area contributed by atoms with E-state index in [1.165, 1.54) is 16.9 Å². The molecule has 2 heterocycles. The summed E-state index contributed by atoms with van der Waals surface area (Å²) in [6, 6.07) is 9.13. The van der Waals surface area contributed by atoms with Crippen LogP contribution in [0.2, 0.25) is 0 Å². The number of pyridine rings is 1. The lowest BCUT2D eigenvalue weighted by atomic mass is 10.2. The third kappa shape index (κ3) is 4.83. The van der Waals surface area contributed by atoms with Gasteiger partial charge in [0.1, 0.15) is 5.75 Å². The largest absolute Gasteiger partial charge is 0.573 e. The van der Waals surface area contributed by atoms with Crippen LogP contribution in [0.5, 0.6) is 5.75 Å². The number of sulfonamides is 1. The lowest BCUT2D eigenvalue weighted by Gasteiger charge is -2.12. The average molecular weight is 398 g/mol. The molecule has 27 heavy (non-hydrogen) atoms. The predicted octanol–water partition coefficient (Wildman–Crippen LogP) is 2.64. The van der Waals surface area contributed by atoms with Gasteiger partial charge in [-0.1, -0.05) is 12.1 Å². The van der Waals surface area contributed by atoms with Crippen LogP contribution in [0.3, 0.4) is 0 Å². The summed E-state index contributed by atoms with van der Waals surface area (Å²) in [7, 11) is -4.08. The normalized spacial score (nSPS) is 12.1. The number of alkyl halides is 3. The second kappa shape index (κ2) is 7.37. The Bertz CT molecular complexity index is 1020. The molecule has 3 rings (SSSR count). The van der Waals surface area contributed by atoms with Crippen molar-refractivity contribution in [3.05, 3.63) is 66.6 Å². The number of nitrogens with zero attached hydrogens (tertiary/aromatic N) is 3. The number of rotatable bonds is 6. The van der Waals surface area contributed by atoms with Gasteiger partial charge in [-0.3, -0.25) is 0 Å². The lowest BCUT2D eigenvalue weighted by molar-refractivity contribution is -0.274. The van der Waals surface area contributed by atoms with E-state index < -0.39 is 22.1 Å². The molecule has 0 saturated heterocycles.